The smallest absolute Gasteiger partial charge is 0.462 e. The van der Waals surface area contributed by atoms with Gasteiger partial charge in [0, 0.05) is 19.3 Å². The van der Waals surface area contributed by atoms with E-state index in [9.17, 15) is 28.9 Å². The van der Waals surface area contributed by atoms with E-state index in [2.05, 4.69) is 57.2 Å². The highest BCUT2D eigenvalue weighted by molar-refractivity contribution is 7.47. The number of phosphoric ester groups is 1. The van der Waals surface area contributed by atoms with Gasteiger partial charge in [0.2, 0.25) is 0 Å². The summed E-state index contributed by atoms with van der Waals surface area (Å²) in [4.78, 5) is 48.5. The Hall–Kier alpha value is -2.30. The topological polar surface area (TPSA) is 155 Å². The molecule has 11 nitrogen and oxygen atoms in total. The molecule has 3 atom stereocenters. The van der Waals surface area contributed by atoms with Crippen molar-refractivity contribution in [2.75, 3.05) is 26.4 Å². The molecular formula is C58H107O11P. The molecule has 70 heavy (non-hydrogen) atoms. The van der Waals surface area contributed by atoms with Gasteiger partial charge in [0.1, 0.15) is 12.7 Å². The van der Waals surface area contributed by atoms with E-state index < -0.39 is 57.8 Å². The monoisotopic (exact) mass is 1010 g/mol. The highest BCUT2D eigenvalue weighted by Gasteiger charge is 2.28. The van der Waals surface area contributed by atoms with E-state index in [4.69, 9.17) is 23.3 Å². The van der Waals surface area contributed by atoms with Crippen LogP contribution in [0.2, 0.25) is 0 Å². The Labute approximate surface area is 429 Å². The summed E-state index contributed by atoms with van der Waals surface area (Å²) in [7, 11) is -4.74. The fourth-order valence-corrected chi connectivity index (χ4v) is 8.87. The van der Waals surface area contributed by atoms with E-state index in [0.717, 1.165) is 96.3 Å². The van der Waals surface area contributed by atoms with Gasteiger partial charge in [0.25, 0.3) is 0 Å². The lowest BCUT2D eigenvalue weighted by Gasteiger charge is -2.21. The van der Waals surface area contributed by atoms with Crippen molar-refractivity contribution in [2.45, 2.75) is 290 Å². The number of esters is 3. The van der Waals surface area contributed by atoms with E-state index >= 15 is 0 Å². The number of hydrogen-bond donors (Lipinski definition) is 2. The third-order valence-electron chi connectivity index (χ3n) is 12.5. The number of hydrogen-bond acceptors (Lipinski definition) is 10. The number of phosphoric acid groups is 1. The predicted octanol–water partition coefficient (Wildman–Crippen LogP) is 16.8. The van der Waals surface area contributed by atoms with Crippen molar-refractivity contribution in [3.8, 4) is 0 Å². The van der Waals surface area contributed by atoms with Crippen LogP contribution < -0.4 is 0 Å². The number of unbranched alkanes of at least 4 members (excludes halogenated alkanes) is 31. The summed E-state index contributed by atoms with van der Waals surface area (Å²) in [5.41, 5.74) is 0. The maximum absolute atomic E-state index is 12.9. The van der Waals surface area contributed by atoms with Crippen LogP contribution in [0.15, 0.2) is 36.5 Å². The Morgan fingerprint density at radius 1 is 0.400 bits per heavy atom. The van der Waals surface area contributed by atoms with Crippen LogP contribution >= 0.6 is 7.82 Å². The molecule has 0 spiro atoms. The summed E-state index contributed by atoms with van der Waals surface area (Å²) in [6.45, 7) is 4.62. The Balaban J connectivity index is 4.72. The fourth-order valence-electron chi connectivity index (χ4n) is 8.09. The third kappa shape index (κ3) is 50.6. The van der Waals surface area contributed by atoms with Crippen LogP contribution in [-0.4, -0.2) is 66.5 Å². The zero-order valence-electron chi connectivity index (χ0n) is 45.2. The average Bonchev–Trinajstić information content (AvgIpc) is 3.35. The Morgan fingerprint density at radius 3 is 1.11 bits per heavy atom. The zero-order chi connectivity index (χ0) is 51.3. The van der Waals surface area contributed by atoms with Crippen molar-refractivity contribution in [3.63, 3.8) is 0 Å². The minimum atomic E-state index is -4.74. The van der Waals surface area contributed by atoms with Crippen LogP contribution in [0, 0.1) is 0 Å². The largest absolute Gasteiger partial charge is 0.472 e. The van der Waals surface area contributed by atoms with Crippen LogP contribution in [0.5, 0.6) is 0 Å². The van der Waals surface area contributed by atoms with Crippen LogP contribution in [-0.2, 0) is 42.2 Å². The van der Waals surface area contributed by atoms with Gasteiger partial charge >= 0.3 is 25.7 Å². The summed E-state index contributed by atoms with van der Waals surface area (Å²) in [6, 6.07) is 0. The molecule has 0 aromatic carbocycles. The second-order valence-electron chi connectivity index (χ2n) is 19.5. The summed E-state index contributed by atoms with van der Waals surface area (Å²) < 4.78 is 39.5. The van der Waals surface area contributed by atoms with Crippen molar-refractivity contribution in [2.24, 2.45) is 0 Å². The molecule has 0 aliphatic rings. The number of ether oxygens (including phenoxy) is 3. The van der Waals surface area contributed by atoms with E-state index in [1.54, 1.807) is 0 Å². The summed E-state index contributed by atoms with van der Waals surface area (Å²) >= 11 is 0. The molecule has 0 radical (unpaired) electrons. The van der Waals surface area contributed by atoms with Gasteiger partial charge in [-0.2, -0.15) is 0 Å². The van der Waals surface area contributed by atoms with Gasteiger partial charge in [-0.25, -0.2) is 4.57 Å². The normalized spacial score (nSPS) is 13.6. The lowest BCUT2D eigenvalue weighted by Crippen LogP contribution is -2.30. The first kappa shape index (κ1) is 67.7. The van der Waals surface area contributed by atoms with Gasteiger partial charge in [-0.1, -0.05) is 218 Å². The maximum Gasteiger partial charge on any atom is 0.472 e. The SMILES string of the molecule is CCCCC/C=C\C/C=C\CCCCCCCCCC(=O)OC(COC(=O)CCCCCCC/C=C\CCCCCC)COP(=O)(O)OCC(CO)OC(=O)CCCCCCCCCCCCCCC. The van der Waals surface area contributed by atoms with Crippen LogP contribution in [0.3, 0.4) is 0 Å². The van der Waals surface area contributed by atoms with Gasteiger partial charge < -0.3 is 24.2 Å². The molecule has 0 amide bonds. The first-order valence-electron chi connectivity index (χ1n) is 28.9. The highest BCUT2D eigenvalue weighted by atomic mass is 31.2. The molecule has 0 saturated carbocycles. The summed E-state index contributed by atoms with van der Waals surface area (Å²) in [6.07, 6.45) is 53.8. The molecule has 0 aliphatic heterocycles. The lowest BCUT2D eigenvalue weighted by atomic mass is 10.0. The van der Waals surface area contributed by atoms with Crippen LogP contribution in [0.25, 0.3) is 0 Å². The summed E-state index contributed by atoms with van der Waals surface area (Å²) in [5.74, 6) is -1.47. The molecule has 0 aliphatic carbocycles. The molecule has 2 N–H and O–H groups in total. The van der Waals surface area contributed by atoms with Gasteiger partial charge in [0.05, 0.1) is 19.8 Å². The molecule has 0 rings (SSSR count). The molecular weight excluding hydrogens is 904 g/mol. The molecule has 410 valence electrons. The van der Waals surface area contributed by atoms with Gasteiger partial charge in [-0.15, -0.1) is 0 Å². The zero-order valence-corrected chi connectivity index (χ0v) is 46.1. The second-order valence-corrected chi connectivity index (χ2v) is 20.9. The van der Waals surface area contributed by atoms with E-state index in [1.807, 2.05) is 0 Å². The third-order valence-corrected chi connectivity index (χ3v) is 13.5. The second kappa shape index (κ2) is 53.0. The van der Waals surface area contributed by atoms with Crippen molar-refractivity contribution in [1.82, 2.24) is 0 Å². The number of allylic oxidation sites excluding steroid dienone is 6. The van der Waals surface area contributed by atoms with Gasteiger partial charge in [0.15, 0.2) is 6.10 Å². The van der Waals surface area contributed by atoms with Crippen molar-refractivity contribution < 1.29 is 52.2 Å². The van der Waals surface area contributed by atoms with Crippen LogP contribution in [0.1, 0.15) is 278 Å². The molecule has 0 heterocycles. The standard InChI is InChI=1S/C58H107O11P/c1-4-7-10-13-16-19-22-25-26-27-28-31-34-37-40-43-46-49-58(62)69-55(51-65-56(60)47-44-41-38-35-32-29-23-20-17-14-11-8-5-2)53-67-70(63,64)66-52-54(50-59)68-57(61)48-45-42-39-36-33-30-24-21-18-15-12-9-6-3/h16,19-20,23,25-26,54-55,59H,4-15,17-18,21-22,24,27-53H2,1-3H3,(H,63,64)/b19-16-,23-20-,26-25-. The molecule has 3 unspecified atom stereocenters. The molecule has 0 fully saturated rings. The van der Waals surface area contributed by atoms with Crippen molar-refractivity contribution in [1.29, 1.82) is 0 Å². The van der Waals surface area contributed by atoms with E-state index in [0.29, 0.717) is 19.3 Å². The number of rotatable bonds is 54. The number of carbonyl (C=O) groups excluding carboxylic acids is 3. The highest BCUT2D eigenvalue weighted by Crippen LogP contribution is 2.43. The Bertz CT molecular complexity index is 1320. The summed E-state index contributed by atoms with van der Waals surface area (Å²) in [5, 5.41) is 9.80. The molecule has 0 aromatic rings. The van der Waals surface area contributed by atoms with Crippen molar-refractivity contribution >= 4 is 25.7 Å². The molecule has 12 heteroatoms. The first-order chi connectivity index (χ1) is 34.2. The molecule has 0 bridgehead atoms. The maximum atomic E-state index is 12.9. The molecule has 0 saturated heterocycles. The predicted molar refractivity (Wildman–Crippen MR) is 289 cm³/mol. The number of aliphatic hydroxyl groups is 1. The van der Waals surface area contributed by atoms with Crippen molar-refractivity contribution in [3.05, 3.63) is 36.5 Å². The fraction of sp³-hybridized carbons (Fsp3) is 0.845. The van der Waals surface area contributed by atoms with E-state index in [1.165, 1.54) is 122 Å². The Kier molecular flexibility index (Phi) is 51.3. The van der Waals surface area contributed by atoms with E-state index in [-0.39, 0.29) is 25.9 Å². The number of carbonyl (C=O) groups is 3. The minimum Gasteiger partial charge on any atom is -0.462 e. The van der Waals surface area contributed by atoms with Crippen LogP contribution in [0.4, 0.5) is 0 Å². The average molecular weight is 1010 g/mol. The molecule has 0 aromatic heterocycles. The number of aliphatic hydroxyl groups excluding tert-OH is 1. The van der Waals surface area contributed by atoms with Gasteiger partial charge in [-0.05, 0) is 77.0 Å². The first-order valence-corrected chi connectivity index (χ1v) is 30.4. The minimum absolute atomic E-state index is 0.160. The lowest BCUT2D eigenvalue weighted by molar-refractivity contribution is -0.161. The van der Waals surface area contributed by atoms with Gasteiger partial charge in [-0.3, -0.25) is 23.4 Å². The quantitative estimate of drug-likeness (QED) is 0.0197. The Morgan fingerprint density at radius 2 is 0.700 bits per heavy atom.